The van der Waals surface area contributed by atoms with Gasteiger partial charge in [-0.1, -0.05) is 13.8 Å². The molecular weight excluding hydrogens is 246 g/mol. The van der Waals surface area contributed by atoms with Gasteiger partial charge in [0.15, 0.2) is 0 Å². The van der Waals surface area contributed by atoms with E-state index in [0.717, 1.165) is 30.2 Å². The number of thiophene rings is 1. The lowest BCUT2D eigenvalue weighted by Gasteiger charge is -2.06. The molecule has 5 heteroatoms. The van der Waals surface area contributed by atoms with Crippen molar-refractivity contribution in [1.82, 2.24) is 15.3 Å². The van der Waals surface area contributed by atoms with Gasteiger partial charge in [0.25, 0.3) is 5.56 Å². The number of rotatable bonds is 6. The molecule has 0 radical (unpaired) electrons. The third-order valence-corrected chi connectivity index (χ3v) is 3.69. The van der Waals surface area contributed by atoms with Gasteiger partial charge in [-0.05, 0) is 36.8 Å². The number of aromatic nitrogens is 2. The lowest BCUT2D eigenvalue weighted by Crippen LogP contribution is -2.20. The number of fused-ring (bicyclic) bond motifs is 1. The molecule has 98 valence electrons. The number of hydrogen-bond donors (Lipinski definition) is 2. The van der Waals surface area contributed by atoms with E-state index in [2.05, 4.69) is 29.1 Å². The molecule has 0 bridgehead atoms. The molecule has 0 amide bonds. The summed E-state index contributed by atoms with van der Waals surface area (Å²) in [6.45, 7) is 6.04. The van der Waals surface area contributed by atoms with Gasteiger partial charge < -0.3 is 10.3 Å². The highest BCUT2D eigenvalue weighted by Crippen LogP contribution is 2.13. The first-order valence-electron chi connectivity index (χ1n) is 6.34. The van der Waals surface area contributed by atoms with Crippen molar-refractivity contribution in [2.24, 2.45) is 5.92 Å². The zero-order valence-corrected chi connectivity index (χ0v) is 11.6. The van der Waals surface area contributed by atoms with Gasteiger partial charge in [-0.3, -0.25) is 4.79 Å². The summed E-state index contributed by atoms with van der Waals surface area (Å²) in [6, 6.07) is 1.89. The molecular formula is C13H19N3OS. The minimum Gasteiger partial charge on any atom is -0.310 e. The molecule has 2 N–H and O–H groups in total. The van der Waals surface area contributed by atoms with Gasteiger partial charge in [-0.2, -0.15) is 0 Å². The Bertz CT molecular complexity index is 559. The van der Waals surface area contributed by atoms with Gasteiger partial charge >= 0.3 is 0 Å². The molecule has 0 saturated heterocycles. The van der Waals surface area contributed by atoms with Gasteiger partial charge in [0, 0.05) is 0 Å². The lowest BCUT2D eigenvalue weighted by molar-refractivity contribution is 0.524. The first-order chi connectivity index (χ1) is 8.66. The van der Waals surface area contributed by atoms with Crippen LogP contribution in [0.5, 0.6) is 0 Å². The molecule has 0 unspecified atom stereocenters. The molecule has 0 aromatic carbocycles. The van der Waals surface area contributed by atoms with Crippen LogP contribution in [0.1, 0.15) is 32.5 Å². The van der Waals surface area contributed by atoms with Crippen molar-refractivity contribution in [3.63, 3.8) is 0 Å². The second-order valence-corrected chi connectivity index (χ2v) is 5.78. The normalized spacial score (nSPS) is 11.5. The molecule has 18 heavy (non-hydrogen) atoms. The van der Waals surface area contributed by atoms with Crippen molar-refractivity contribution in [3.05, 3.63) is 27.6 Å². The van der Waals surface area contributed by atoms with E-state index in [1.807, 2.05) is 11.4 Å². The molecule has 0 saturated carbocycles. The molecule has 0 aliphatic heterocycles. The van der Waals surface area contributed by atoms with E-state index in [9.17, 15) is 4.79 Å². The van der Waals surface area contributed by atoms with Crippen LogP contribution in [0.15, 0.2) is 16.2 Å². The fraction of sp³-hybridized carbons (Fsp3) is 0.538. The first kappa shape index (κ1) is 13.2. The van der Waals surface area contributed by atoms with Crippen LogP contribution in [0, 0.1) is 5.92 Å². The van der Waals surface area contributed by atoms with Gasteiger partial charge in [0.1, 0.15) is 10.5 Å². The van der Waals surface area contributed by atoms with Crippen molar-refractivity contribution in [2.45, 2.75) is 33.2 Å². The number of nitrogens with zero attached hydrogens (tertiary/aromatic N) is 1. The predicted octanol–water partition coefficient (Wildman–Crippen LogP) is 2.51. The van der Waals surface area contributed by atoms with Crippen LogP contribution in [0.2, 0.25) is 0 Å². The molecule has 2 heterocycles. The zero-order chi connectivity index (χ0) is 13.0. The Balaban J connectivity index is 1.90. The van der Waals surface area contributed by atoms with Crippen LogP contribution in [-0.4, -0.2) is 16.5 Å². The molecule has 0 aliphatic rings. The lowest BCUT2D eigenvalue weighted by atomic mass is 10.1. The molecule has 2 aromatic rings. The monoisotopic (exact) mass is 265 g/mol. The maximum atomic E-state index is 11.7. The second-order valence-electron chi connectivity index (χ2n) is 4.86. The highest BCUT2D eigenvalue weighted by atomic mass is 32.1. The summed E-state index contributed by atoms with van der Waals surface area (Å²) >= 11 is 1.43. The minimum atomic E-state index is -0.0334. The van der Waals surface area contributed by atoms with Gasteiger partial charge in [0.05, 0.1) is 12.1 Å². The fourth-order valence-electron chi connectivity index (χ4n) is 1.85. The molecule has 0 spiro atoms. The quantitative estimate of drug-likeness (QED) is 0.789. The summed E-state index contributed by atoms with van der Waals surface area (Å²) in [4.78, 5) is 19.0. The van der Waals surface area contributed by atoms with Crippen LogP contribution in [0.25, 0.3) is 10.2 Å². The minimum absolute atomic E-state index is 0.0334. The largest absolute Gasteiger partial charge is 0.310 e. The van der Waals surface area contributed by atoms with Gasteiger partial charge in [-0.25, -0.2) is 4.98 Å². The molecule has 0 atom stereocenters. The van der Waals surface area contributed by atoms with E-state index >= 15 is 0 Å². The van der Waals surface area contributed by atoms with E-state index in [1.165, 1.54) is 17.8 Å². The summed E-state index contributed by atoms with van der Waals surface area (Å²) in [5.41, 5.74) is 0.761. The first-order valence-corrected chi connectivity index (χ1v) is 7.22. The Morgan fingerprint density at radius 1 is 1.50 bits per heavy atom. The van der Waals surface area contributed by atoms with Crippen LogP contribution in [0.4, 0.5) is 0 Å². The van der Waals surface area contributed by atoms with Crippen molar-refractivity contribution >= 4 is 21.6 Å². The fourth-order valence-corrected chi connectivity index (χ4v) is 2.57. The average Bonchev–Trinajstić information content (AvgIpc) is 2.77. The van der Waals surface area contributed by atoms with Crippen LogP contribution >= 0.6 is 11.3 Å². The third-order valence-electron chi connectivity index (χ3n) is 2.79. The zero-order valence-electron chi connectivity index (χ0n) is 10.8. The van der Waals surface area contributed by atoms with Crippen LogP contribution in [0.3, 0.4) is 0 Å². The van der Waals surface area contributed by atoms with Gasteiger partial charge in [-0.15, -0.1) is 11.3 Å². The van der Waals surface area contributed by atoms with E-state index in [4.69, 9.17) is 0 Å². The second kappa shape index (κ2) is 6.11. The highest BCUT2D eigenvalue weighted by molar-refractivity contribution is 7.17. The third kappa shape index (κ3) is 3.40. The van der Waals surface area contributed by atoms with E-state index in [0.29, 0.717) is 11.2 Å². The van der Waals surface area contributed by atoms with Crippen molar-refractivity contribution in [2.75, 3.05) is 6.54 Å². The molecule has 0 fully saturated rings. The standard InChI is InChI=1S/C13H19N3OS/c1-9(2)4-3-6-14-8-11-15-10-5-7-18-12(10)13(17)16-11/h5,7,9,14H,3-4,6,8H2,1-2H3,(H,15,16,17). The number of aromatic amines is 1. The summed E-state index contributed by atoms with van der Waals surface area (Å²) in [5, 5.41) is 5.21. The van der Waals surface area contributed by atoms with Crippen molar-refractivity contribution in [1.29, 1.82) is 0 Å². The highest BCUT2D eigenvalue weighted by Gasteiger charge is 2.04. The van der Waals surface area contributed by atoms with Crippen LogP contribution < -0.4 is 10.9 Å². The number of H-pyrrole nitrogens is 1. The maximum absolute atomic E-state index is 11.7. The Morgan fingerprint density at radius 2 is 2.33 bits per heavy atom. The topological polar surface area (TPSA) is 57.8 Å². The molecule has 2 rings (SSSR count). The maximum Gasteiger partial charge on any atom is 0.268 e. The van der Waals surface area contributed by atoms with E-state index in [-0.39, 0.29) is 5.56 Å². The number of hydrogen-bond acceptors (Lipinski definition) is 4. The molecule has 2 aromatic heterocycles. The molecule has 0 aliphatic carbocycles. The van der Waals surface area contributed by atoms with E-state index < -0.39 is 0 Å². The summed E-state index contributed by atoms with van der Waals surface area (Å²) < 4.78 is 0.707. The Kier molecular flexibility index (Phi) is 4.49. The van der Waals surface area contributed by atoms with E-state index in [1.54, 1.807) is 0 Å². The smallest absolute Gasteiger partial charge is 0.268 e. The Labute approximate surface area is 110 Å². The van der Waals surface area contributed by atoms with Crippen molar-refractivity contribution in [3.8, 4) is 0 Å². The number of nitrogens with one attached hydrogen (secondary N) is 2. The predicted molar refractivity (Wildman–Crippen MR) is 76.0 cm³/mol. The average molecular weight is 265 g/mol. The van der Waals surface area contributed by atoms with Crippen molar-refractivity contribution < 1.29 is 0 Å². The molecule has 4 nitrogen and oxygen atoms in total. The van der Waals surface area contributed by atoms with Crippen LogP contribution in [-0.2, 0) is 6.54 Å². The Morgan fingerprint density at radius 3 is 3.11 bits per heavy atom. The van der Waals surface area contributed by atoms with Gasteiger partial charge in [0.2, 0.25) is 0 Å². The summed E-state index contributed by atoms with van der Waals surface area (Å²) in [7, 11) is 0. The summed E-state index contributed by atoms with van der Waals surface area (Å²) in [5.74, 6) is 1.46. The SMILES string of the molecule is CC(C)CCCNCc1nc2ccsc2c(=O)[nH]1. The summed E-state index contributed by atoms with van der Waals surface area (Å²) in [6.07, 6.45) is 2.38. The Hall–Kier alpha value is -1.20.